The van der Waals surface area contributed by atoms with Gasteiger partial charge in [-0.15, -0.1) is 0 Å². The number of nitrogens with one attached hydrogen (secondary N) is 1. The number of aromatic nitrogens is 2. The smallest absolute Gasteiger partial charge is 0.338 e. The summed E-state index contributed by atoms with van der Waals surface area (Å²) in [6, 6.07) is 21.1. The SMILES string of the molecule is CCOC(=O)c1ccc(Nc2cc(-c3cccnc3)nc3ccccc23)cc1. The Balaban J connectivity index is 1.71. The summed E-state index contributed by atoms with van der Waals surface area (Å²) < 4.78 is 5.03. The van der Waals surface area contributed by atoms with E-state index in [1.165, 1.54) is 0 Å². The molecule has 1 N–H and O–H groups in total. The summed E-state index contributed by atoms with van der Waals surface area (Å²) in [4.78, 5) is 20.8. The van der Waals surface area contributed by atoms with Crippen molar-refractivity contribution in [2.45, 2.75) is 6.92 Å². The fourth-order valence-electron chi connectivity index (χ4n) is 3.00. The van der Waals surface area contributed by atoms with Gasteiger partial charge in [0.05, 0.1) is 29.1 Å². The molecule has 2 aromatic heterocycles. The maximum Gasteiger partial charge on any atom is 0.338 e. The lowest BCUT2D eigenvalue weighted by molar-refractivity contribution is 0.0526. The molecule has 0 unspecified atom stereocenters. The monoisotopic (exact) mass is 369 g/mol. The number of rotatable bonds is 5. The zero-order valence-corrected chi connectivity index (χ0v) is 15.4. The van der Waals surface area contributed by atoms with E-state index in [0.717, 1.165) is 33.5 Å². The highest BCUT2D eigenvalue weighted by atomic mass is 16.5. The number of fused-ring (bicyclic) bond motifs is 1. The molecule has 138 valence electrons. The molecule has 4 rings (SSSR count). The van der Waals surface area contributed by atoms with Crippen LogP contribution in [-0.2, 0) is 4.74 Å². The van der Waals surface area contributed by atoms with Gasteiger partial charge >= 0.3 is 5.97 Å². The van der Waals surface area contributed by atoms with Crippen molar-refractivity contribution < 1.29 is 9.53 Å². The molecule has 2 heterocycles. The van der Waals surface area contributed by atoms with Crippen molar-refractivity contribution in [3.8, 4) is 11.3 Å². The molecule has 0 saturated heterocycles. The van der Waals surface area contributed by atoms with Gasteiger partial charge in [-0.1, -0.05) is 18.2 Å². The number of carbonyl (C=O) groups excluding carboxylic acids is 1. The maximum absolute atomic E-state index is 11.8. The van der Waals surface area contributed by atoms with Crippen LogP contribution in [-0.4, -0.2) is 22.5 Å². The van der Waals surface area contributed by atoms with Gasteiger partial charge in [-0.2, -0.15) is 0 Å². The Bertz CT molecular complexity index is 1110. The molecule has 0 saturated carbocycles. The number of benzene rings is 2. The van der Waals surface area contributed by atoms with Gasteiger partial charge in [-0.25, -0.2) is 9.78 Å². The number of nitrogens with zero attached hydrogens (tertiary/aromatic N) is 2. The number of esters is 1. The third-order valence-corrected chi connectivity index (χ3v) is 4.35. The zero-order valence-electron chi connectivity index (χ0n) is 15.4. The van der Waals surface area contributed by atoms with Crippen LogP contribution in [0.2, 0.25) is 0 Å². The normalized spacial score (nSPS) is 10.6. The van der Waals surface area contributed by atoms with Gasteiger partial charge in [0.25, 0.3) is 0 Å². The van der Waals surface area contributed by atoms with E-state index in [2.05, 4.69) is 10.3 Å². The topological polar surface area (TPSA) is 64.1 Å². The Kier molecular flexibility index (Phi) is 4.97. The molecule has 0 radical (unpaired) electrons. The highest BCUT2D eigenvalue weighted by Gasteiger charge is 2.09. The van der Waals surface area contributed by atoms with Crippen LogP contribution in [0, 0.1) is 0 Å². The Hall–Kier alpha value is -3.73. The van der Waals surface area contributed by atoms with E-state index in [9.17, 15) is 4.79 Å². The largest absolute Gasteiger partial charge is 0.462 e. The van der Waals surface area contributed by atoms with Crippen LogP contribution < -0.4 is 5.32 Å². The quantitative estimate of drug-likeness (QED) is 0.489. The Morgan fingerprint density at radius 1 is 1.04 bits per heavy atom. The summed E-state index contributed by atoms with van der Waals surface area (Å²) in [6.45, 7) is 2.15. The van der Waals surface area contributed by atoms with Crippen molar-refractivity contribution in [1.29, 1.82) is 0 Å². The van der Waals surface area contributed by atoms with Crippen LogP contribution in [0.5, 0.6) is 0 Å². The van der Waals surface area contributed by atoms with Crippen molar-refractivity contribution in [3.05, 3.63) is 84.7 Å². The molecule has 0 aliphatic heterocycles. The van der Waals surface area contributed by atoms with Gasteiger partial charge in [-0.05, 0) is 55.5 Å². The molecule has 0 amide bonds. The molecule has 2 aromatic carbocycles. The van der Waals surface area contributed by atoms with Crippen molar-refractivity contribution >= 4 is 28.2 Å². The molecular formula is C23H19N3O2. The average Bonchev–Trinajstić information content (AvgIpc) is 2.75. The van der Waals surface area contributed by atoms with Crippen LogP contribution in [0.4, 0.5) is 11.4 Å². The lowest BCUT2D eigenvalue weighted by Crippen LogP contribution is -2.04. The molecule has 5 heteroatoms. The molecule has 0 aliphatic carbocycles. The van der Waals surface area contributed by atoms with E-state index in [1.807, 2.05) is 54.6 Å². The van der Waals surface area contributed by atoms with Gasteiger partial charge in [0.2, 0.25) is 0 Å². The molecular weight excluding hydrogens is 350 g/mol. The number of pyridine rings is 2. The summed E-state index contributed by atoms with van der Waals surface area (Å²) in [5, 5.41) is 4.46. The Morgan fingerprint density at radius 3 is 2.61 bits per heavy atom. The second-order valence-electron chi connectivity index (χ2n) is 6.24. The van der Waals surface area contributed by atoms with Crippen LogP contribution >= 0.6 is 0 Å². The first-order valence-electron chi connectivity index (χ1n) is 9.09. The molecule has 0 atom stereocenters. The van der Waals surface area contributed by atoms with Crippen molar-refractivity contribution in [3.63, 3.8) is 0 Å². The Morgan fingerprint density at radius 2 is 1.86 bits per heavy atom. The van der Waals surface area contributed by atoms with E-state index >= 15 is 0 Å². The number of ether oxygens (including phenoxy) is 1. The lowest BCUT2D eigenvalue weighted by Gasteiger charge is -2.12. The summed E-state index contributed by atoms with van der Waals surface area (Å²) in [7, 11) is 0. The molecule has 0 aliphatic rings. The predicted octanol–water partition coefficient (Wildman–Crippen LogP) is 5.22. The third kappa shape index (κ3) is 3.69. The van der Waals surface area contributed by atoms with Crippen LogP contribution in [0.15, 0.2) is 79.1 Å². The van der Waals surface area contributed by atoms with Gasteiger partial charge in [0, 0.05) is 29.0 Å². The van der Waals surface area contributed by atoms with E-state index < -0.39 is 0 Å². The van der Waals surface area contributed by atoms with Crippen molar-refractivity contribution in [2.24, 2.45) is 0 Å². The Labute approximate surface area is 163 Å². The van der Waals surface area contributed by atoms with E-state index in [4.69, 9.17) is 9.72 Å². The van der Waals surface area contributed by atoms with E-state index in [0.29, 0.717) is 12.2 Å². The predicted molar refractivity (Wildman–Crippen MR) is 111 cm³/mol. The molecule has 0 spiro atoms. The van der Waals surface area contributed by atoms with Crippen LogP contribution in [0.25, 0.3) is 22.2 Å². The van der Waals surface area contributed by atoms with Crippen LogP contribution in [0.1, 0.15) is 17.3 Å². The van der Waals surface area contributed by atoms with Crippen LogP contribution in [0.3, 0.4) is 0 Å². The minimum atomic E-state index is -0.317. The number of hydrogen-bond donors (Lipinski definition) is 1. The summed E-state index contributed by atoms with van der Waals surface area (Å²) >= 11 is 0. The van der Waals surface area contributed by atoms with E-state index in [1.54, 1.807) is 31.5 Å². The maximum atomic E-state index is 11.8. The molecule has 28 heavy (non-hydrogen) atoms. The van der Waals surface area contributed by atoms with Crippen molar-refractivity contribution in [1.82, 2.24) is 9.97 Å². The van der Waals surface area contributed by atoms with Gasteiger partial charge < -0.3 is 10.1 Å². The summed E-state index contributed by atoms with van der Waals surface area (Å²) in [5.74, 6) is -0.317. The highest BCUT2D eigenvalue weighted by Crippen LogP contribution is 2.30. The lowest BCUT2D eigenvalue weighted by atomic mass is 10.1. The fourth-order valence-corrected chi connectivity index (χ4v) is 3.00. The first kappa shape index (κ1) is 17.7. The molecule has 0 fully saturated rings. The number of anilines is 2. The number of para-hydroxylation sites is 1. The number of carbonyl (C=O) groups is 1. The minimum absolute atomic E-state index is 0.317. The van der Waals surface area contributed by atoms with Gasteiger partial charge in [0.1, 0.15) is 0 Å². The number of hydrogen-bond acceptors (Lipinski definition) is 5. The second kappa shape index (κ2) is 7.88. The fraction of sp³-hybridized carbons (Fsp3) is 0.0870. The summed E-state index contributed by atoms with van der Waals surface area (Å²) in [6.07, 6.45) is 3.55. The van der Waals surface area contributed by atoms with E-state index in [-0.39, 0.29) is 5.97 Å². The third-order valence-electron chi connectivity index (χ3n) is 4.35. The minimum Gasteiger partial charge on any atom is -0.462 e. The average molecular weight is 369 g/mol. The molecule has 4 aromatic rings. The van der Waals surface area contributed by atoms with Gasteiger partial charge in [0.15, 0.2) is 0 Å². The standard InChI is InChI=1S/C23H19N3O2/c1-2-28-23(27)16-9-11-18(12-10-16)25-22-14-21(17-6-5-13-24-15-17)26-20-8-4-3-7-19(20)22/h3-15H,2H2,1H3,(H,25,26). The van der Waals surface area contributed by atoms with Crippen molar-refractivity contribution in [2.75, 3.05) is 11.9 Å². The zero-order chi connectivity index (χ0) is 19.3. The molecule has 5 nitrogen and oxygen atoms in total. The highest BCUT2D eigenvalue weighted by molar-refractivity contribution is 5.95. The first-order valence-corrected chi connectivity index (χ1v) is 9.09. The first-order chi connectivity index (χ1) is 13.7. The summed E-state index contributed by atoms with van der Waals surface area (Å²) in [5.41, 5.74) is 5.04. The second-order valence-corrected chi connectivity index (χ2v) is 6.24. The van der Waals surface area contributed by atoms with Gasteiger partial charge in [-0.3, -0.25) is 4.98 Å². The molecule has 0 bridgehead atoms.